The van der Waals surface area contributed by atoms with Gasteiger partial charge in [0.05, 0.1) is 9.26 Å². The first kappa shape index (κ1) is 21.7. The minimum atomic E-state index is -4.55. The topological polar surface area (TPSA) is 61.4 Å². The van der Waals surface area contributed by atoms with E-state index in [-0.39, 0.29) is 11.6 Å². The molecule has 0 radical (unpaired) electrons. The first-order chi connectivity index (χ1) is 14.4. The summed E-state index contributed by atoms with van der Waals surface area (Å²) in [4.78, 5) is 8.90. The van der Waals surface area contributed by atoms with Crippen molar-refractivity contribution in [2.75, 3.05) is 0 Å². The van der Waals surface area contributed by atoms with Gasteiger partial charge in [-0.15, -0.1) is 22.7 Å². The molecule has 0 aromatic carbocycles. The fourth-order valence-corrected chi connectivity index (χ4v) is 8.12. The third kappa shape index (κ3) is 4.16. The number of rotatable bonds is 4. The molecule has 4 rings (SSSR count). The smallest absolute Gasteiger partial charge is 0.227 e. The van der Waals surface area contributed by atoms with E-state index in [1.165, 1.54) is 35.1 Å². The number of hydrogen-bond acceptors (Lipinski definition) is 6. The second-order valence-corrected chi connectivity index (χ2v) is 13.6. The fourth-order valence-electron chi connectivity index (χ4n) is 2.61. The van der Waals surface area contributed by atoms with Gasteiger partial charge in [-0.2, -0.15) is 36.5 Å². The molecule has 0 saturated carbocycles. The molecular formula is C16H12F6N6S2Si. The van der Waals surface area contributed by atoms with E-state index < -0.39 is 31.8 Å². The Morgan fingerprint density at radius 1 is 0.742 bits per heavy atom. The van der Waals surface area contributed by atoms with Crippen LogP contribution in [0.3, 0.4) is 0 Å². The van der Waals surface area contributed by atoms with Gasteiger partial charge in [0.1, 0.15) is 0 Å². The zero-order chi connectivity index (χ0) is 22.6. The van der Waals surface area contributed by atoms with Crippen LogP contribution in [0.4, 0.5) is 26.3 Å². The van der Waals surface area contributed by atoms with Gasteiger partial charge in [-0.1, -0.05) is 13.1 Å². The van der Waals surface area contributed by atoms with Crippen LogP contribution in [0.5, 0.6) is 0 Å². The van der Waals surface area contributed by atoms with Crippen LogP contribution >= 0.6 is 22.7 Å². The molecule has 0 atom stereocenters. The highest BCUT2D eigenvalue weighted by Gasteiger charge is 2.36. The Morgan fingerprint density at radius 2 is 1.13 bits per heavy atom. The van der Waals surface area contributed by atoms with E-state index in [0.29, 0.717) is 9.26 Å². The van der Waals surface area contributed by atoms with E-state index in [4.69, 9.17) is 0 Å². The molecule has 0 saturated heterocycles. The molecule has 164 valence electrons. The second-order valence-electron chi connectivity index (χ2n) is 6.93. The molecule has 0 fully saturated rings. The molecule has 4 aromatic rings. The van der Waals surface area contributed by atoms with Crippen LogP contribution in [0.25, 0.3) is 11.6 Å². The van der Waals surface area contributed by atoms with Gasteiger partial charge >= 0.3 is 12.4 Å². The lowest BCUT2D eigenvalue weighted by atomic mass is 10.4. The number of aromatic nitrogens is 6. The van der Waals surface area contributed by atoms with Crippen molar-refractivity contribution in [3.8, 4) is 11.6 Å². The summed E-state index contributed by atoms with van der Waals surface area (Å²) in [6, 6.07) is 1.74. The number of hydrogen-bond donors (Lipinski definition) is 0. The van der Waals surface area contributed by atoms with Gasteiger partial charge in [-0.25, -0.2) is 19.3 Å². The highest BCUT2D eigenvalue weighted by molar-refractivity contribution is 7.35. The summed E-state index contributed by atoms with van der Waals surface area (Å²) in [5.41, 5.74) is -2.03. The summed E-state index contributed by atoms with van der Waals surface area (Å²) in [7, 11) is -2.45. The van der Waals surface area contributed by atoms with Crippen molar-refractivity contribution in [2.24, 2.45) is 0 Å². The van der Waals surface area contributed by atoms with Gasteiger partial charge in [0.2, 0.25) is 0 Å². The van der Waals surface area contributed by atoms with Crippen LogP contribution in [-0.4, -0.2) is 37.6 Å². The molecule has 0 aliphatic heterocycles. The molecule has 0 aliphatic rings. The van der Waals surface area contributed by atoms with Gasteiger partial charge in [0.25, 0.3) is 0 Å². The quantitative estimate of drug-likeness (QED) is 0.320. The van der Waals surface area contributed by atoms with Gasteiger partial charge in [-0.05, 0) is 12.1 Å². The number of alkyl halides is 6. The second kappa shape index (κ2) is 7.27. The predicted molar refractivity (Wildman–Crippen MR) is 105 cm³/mol. The van der Waals surface area contributed by atoms with E-state index in [0.717, 1.165) is 21.5 Å². The predicted octanol–water partition coefficient (Wildman–Crippen LogP) is 3.83. The molecule has 0 bridgehead atoms. The maximum atomic E-state index is 12.8. The number of halogens is 6. The average Bonchev–Trinajstić information content (AvgIpc) is 3.47. The molecule has 0 amide bonds. The first-order valence-electron chi connectivity index (χ1n) is 8.54. The Labute approximate surface area is 179 Å². The van der Waals surface area contributed by atoms with Gasteiger partial charge in [0.15, 0.2) is 31.1 Å². The van der Waals surface area contributed by atoms with Gasteiger partial charge < -0.3 is 0 Å². The summed E-state index contributed by atoms with van der Waals surface area (Å²) < 4.78 is 80.2. The van der Waals surface area contributed by atoms with Crippen molar-refractivity contribution in [3.63, 3.8) is 0 Å². The van der Waals surface area contributed by atoms with Crippen molar-refractivity contribution in [3.05, 3.63) is 46.7 Å². The molecule has 4 heterocycles. The Balaban J connectivity index is 1.60. The van der Waals surface area contributed by atoms with Gasteiger partial charge in [0, 0.05) is 23.2 Å². The first-order valence-corrected chi connectivity index (χ1v) is 13.3. The summed E-state index contributed by atoms with van der Waals surface area (Å²) >= 11 is 2.56. The summed E-state index contributed by atoms with van der Waals surface area (Å²) in [6.45, 7) is 3.90. The monoisotopic (exact) mass is 494 g/mol. The maximum Gasteiger partial charge on any atom is 0.435 e. The van der Waals surface area contributed by atoms with Crippen LogP contribution in [0, 0.1) is 0 Å². The molecule has 0 aliphatic carbocycles. The van der Waals surface area contributed by atoms with E-state index in [1.54, 1.807) is 10.8 Å². The number of nitrogens with zero attached hydrogens (tertiary/aromatic N) is 6. The van der Waals surface area contributed by atoms with E-state index in [9.17, 15) is 26.3 Å². The van der Waals surface area contributed by atoms with E-state index in [2.05, 4.69) is 20.2 Å². The summed E-state index contributed by atoms with van der Waals surface area (Å²) in [5.74, 6) is 0.518. The molecule has 0 unspecified atom stereocenters. The zero-order valence-electron chi connectivity index (χ0n) is 15.7. The van der Waals surface area contributed by atoms with Crippen molar-refractivity contribution in [1.29, 1.82) is 0 Å². The van der Waals surface area contributed by atoms with Crippen LogP contribution in [0.2, 0.25) is 13.1 Å². The Hall–Kier alpha value is -2.52. The van der Waals surface area contributed by atoms with Crippen molar-refractivity contribution in [1.82, 2.24) is 29.5 Å². The number of thiazole rings is 2. The van der Waals surface area contributed by atoms with E-state index >= 15 is 0 Å². The fraction of sp³-hybridized carbons (Fsp3) is 0.250. The van der Waals surface area contributed by atoms with Crippen molar-refractivity contribution in [2.45, 2.75) is 25.4 Å². The maximum absolute atomic E-state index is 12.8. The molecule has 31 heavy (non-hydrogen) atoms. The standard InChI is InChI=1S/C16H12F6N6S2Si/c1-31(2,13-23-11(7-29-13)27-5-3-9(25-27)15(17,18)19)14-24-12(8-30-14)28-6-4-10(26-28)16(20,21)22/h3-8H,1-2H3. The van der Waals surface area contributed by atoms with E-state index in [1.807, 2.05) is 13.1 Å². The molecule has 4 aromatic heterocycles. The third-order valence-electron chi connectivity index (χ3n) is 4.28. The highest BCUT2D eigenvalue weighted by atomic mass is 32.1. The molecule has 6 nitrogen and oxygen atoms in total. The van der Waals surface area contributed by atoms with Crippen LogP contribution in [-0.2, 0) is 12.4 Å². The lowest BCUT2D eigenvalue weighted by Gasteiger charge is -2.15. The average molecular weight is 495 g/mol. The largest absolute Gasteiger partial charge is 0.435 e. The summed E-state index contributed by atoms with van der Waals surface area (Å²) in [5, 5.41) is 10.3. The van der Waals surface area contributed by atoms with Crippen molar-refractivity contribution >= 4 is 40.0 Å². The van der Waals surface area contributed by atoms with Crippen LogP contribution < -0.4 is 9.26 Å². The Kier molecular flexibility index (Phi) is 5.09. The highest BCUT2D eigenvalue weighted by Crippen LogP contribution is 2.29. The summed E-state index contributed by atoms with van der Waals surface area (Å²) in [6.07, 6.45) is -6.72. The minimum absolute atomic E-state index is 0.259. The normalized spacial score (nSPS) is 13.2. The van der Waals surface area contributed by atoms with Crippen LogP contribution in [0.15, 0.2) is 35.3 Å². The third-order valence-corrected chi connectivity index (χ3v) is 11.7. The minimum Gasteiger partial charge on any atom is -0.227 e. The lowest BCUT2D eigenvalue weighted by Crippen LogP contribution is -2.52. The molecular weight excluding hydrogens is 482 g/mol. The van der Waals surface area contributed by atoms with Crippen LogP contribution in [0.1, 0.15) is 11.4 Å². The Morgan fingerprint density at radius 3 is 1.45 bits per heavy atom. The Bertz CT molecular complexity index is 1130. The van der Waals surface area contributed by atoms with Gasteiger partial charge in [-0.3, -0.25) is 0 Å². The molecule has 15 heteroatoms. The molecule has 0 N–H and O–H groups in total. The van der Waals surface area contributed by atoms with Crippen molar-refractivity contribution < 1.29 is 26.3 Å². The lowest BCUT2D eigenvalue weighted by molar-refractivity contribution is -0.142. The zero-order valence-corrected chi connectivity index (χ0v) is 18.4. The molecule has 0 spiro atoms. The SMILES string of the molecule is C[Si](C)(c1nc(-n2ccc(C(F)(F)F)n2)cs1)c1nc(-n2ccc(C(F)(F)F)n2)cs1.